The molecule has 0 aliphatic carbocycles. The van der Waals surface area contributed by atoms with Crippen molar-refractivity contribution >= 4 is 35.5 Å². The summed E-state index contributed by atoms with van der Waals surface area (Å²) in [6, 6.07) is 49.1. The van der Waals surface area contributed by atoms with Crippen LogP contribution in [0, 0.1) is 0 Å². The van der Waals surface area contributed by atoms with Gasteiger partial charge >= 0.3 is 7.19 Å². The number of hydrogen-bond donors (Lipinski definition) is 1. The predicted molar refractivity (Wildman–Crippen MR) is 191 cm³/mol. The quantitative estimate of drug-likeness (QED) is 0.246. The first-order chi connectivity index (χ1) is 23.7. The van der Waals surface area contributed by atoms with Gasteiger partial charge in [0.15, 0.2) is 0 Å². The number of hydrogen-bond acceptors (Lipinski definition) is 3. The molecule has 9 rings (SSSR count). The van der Waals surface area contributed by atoms with E-state index in [1.165, 1.54) is 0 Å². The van der Waals surface area contributed by atoms with Crippen LogP contribution in [0.15, 0.2) is 168 Å². The lowest BCUT2D eigenvalue weighted by atomic mass is 9.88. The van der Waals surface area contributed by atoms with Gasteiger partial charge in [-0.15, -0.1) is 0 Å². The SMILES string of the molecule is COB1n2c3ccc2C(c2ccccc2)=c2ccc(n21)=C(c1ccccc1)C1=NC(=C3c2ccccc2)C(NC(=O)c2ccccc2)=C1. The standard InChI is InChI=1S/C41H29BN4O2/c1-48-42-45-33-22-23-34(45)38(28-16-8-3-9-17-28)35-24-25-36(46(35)42)39(29-18-10-4-11-19-29)40-32(44-41(47)30-20-12-5-13-21-30)26-31(43-40)37(33)27-14-6-2-7-15-27/h2-26H,1H3,(H,44,47). The Morgan fingerprint density at radius 1 is 0.604 bits per heavy atom. The van der Waals surface area contributed by atoms with E-state index in [4.69, 9.17) is 9.65 Å². The van der Waals surface area contributed by atoms with E-state index in [1.807, 2.05) is 78.9 Å². The maximum absolute atomic E-state index is 13.7. The molecule has 1 amide bonds. The summed E-state index contributed by atoms with van der Waals surface area (Å²) < 4.78 is 11.0. The number of fused-ring (bicyclic) bond motifs is 1. The highest BCUT2D eigenvalue weighted by Gasteiger charge is 2.38. The Hall–Kier alpha value is -6.18. The van der Waals surface area contributed by atoms with E-state index >= 15 is 0 Å². The number of aromatic nitrogens is 2. The van der Waals surface area contributed by atoms with Gasteiger partial charge in [-0.25, -0.2) is 4.99 Å². The van der Waals surface area contributed by atoms with Crippen molar-refractivity contribution in [3.05, 3.63) is 207 Å². The van der Waals surface area contributed by atoms with Crippen molar-refractivity contribution in [1.29, 1.82) is 0 Å². The maximum atomic E-state index is 13.7. The zero-order valence-corrected chi connectivity index (χ0v) is 26.2. The zero-order chi connectivity index (χ0) is 32.2. The number of nitrogens with zero attached hydrogens (tertiary/aromatic N) is 3. The summed E-state index contributed by atoms with van der Waals surface area (Å²) in [4.78, 5) is 19.1. The molecule has 3 aliphatic heterocycles. The Morgan fingerprint density at radius 2 is 1.10 bits per heavy atom. The van der Waals surface area contributed by atoms with Crippen molar-refractivity contribution in [1.82, 2.24) is 14.3 Å². The normalized spacial score (nSPS) is 14.6. The van der Waals surface area contributed by atoms with Gasteiger partial charge in [0.1, 0.15) is 0 Å². The second-order valence-electron chi connectivity index (χ2n) is 12.0. The first-order valence-corrected chi connectivity index (χ1v) is 16.0. The number of carbonyl (C=O) groups is 1. The van der Waals surface area contributed by atoms with Gasteiger partial charge in [-0.1, -0.05) is 109 Å². The lowest BCUT2D eigenvalue weighted by Crippen LogP contribution is -2.52. The molecule has 1 N–H and O–H groups in total. The van der Waals surface area contributed by atoms with Crippen molar-refractivity contribution in [2.75, 3.05) is 7.11 Å². The summed E-state index contributed by atoms with van der Waals surface area (Å²) in [6.07, 6.45) is 2.01. The van der Waals surface area contributed by atoms with Crippen molar-refractivity contribution in [3.8, 4) is 0 Å². The molecule has 228 valence electrons. The predicted octanol–water partition coefficient (Wildman–Crippen LogP) is 5.62. The first kappa shape index (κ1) is 28.1. The first-order valence-electron chi connectivity index (χ1n) is 16.0. The number of carbonyl (C=O) groups excluding carboxylic acids is 1. The topological polar surface area (TPSA) is 60.5 Å². The van der Waals surface area contributed by atoms with Crippen molar-refractivity contribution in [2.24, 2.45) is 4.99 Å². The second-order valence-corrected chi connectivity index (χ2v) is 12.0. The minimum Gasteiger partial charge on any atom is -0.400 e. The molecule has 7 heteroatoms. The molecule has 0 saturated heterocycles. The highest BCUT2D eigenvalue weighted by atomic mass is 16.4. The molecule has 0 spiro atoms. The van der Waals surface area contributed by atoms with E-state index in [0.29, 0.717) is 17.0 Å². The van der Waals surface area contributed by atoms with E-state index in [0.717, 1.165) is 61.2 Å². The van der Waals surface area contributed by atoms with Gasteiger partial charge < -0.3 is 18.9 Å². The van der Waals surface area contributed by atoms with Crippen LogP contribution in [0.4, 0.5) is 0 Å². The molecule has 0 fully saturated rings. The Balaban J connectivity index is 1.44. The number of amides is 1. The summed E-state index contributed by atoms with van der Waals surface area (Å²) in [5.41, 5.74) is 10.7. The molecular formula is C41H29BN4O2. The van der Waals surface area contributed by atoms with Crippen LogP contribution in [0.1, 0.15) is 38.4 Å². The summed E-state index contributed by atoms with van der Waals surface area (Å²) in [5.74, 6) is -0.195. The largest absolute Gasteiger partial charge is 0.557 e. The Bertz CT molecular complexity index is 2460. The summed E-state index contributed by atoms with van der Waals surface area (Å²) in [6.45, 7) is 0. The van der Waals surface area contributed by atoms with Crippen LogP contribution in [0.2, 0.25) is 0 Å². The van der Waals surface area contributed by atoms with Crippen LogP contribution in [-0.2, 0) is 4.65 Å². The number of benzene rings is 4. The van der Waals surface area contributed by atoms with Gasteiger partial charge in [-0.2, -0.15) is 0 Å². The molecule has 4 aromatic carbocycles. The molecule has 6 nitrogen and oxygen atoms in total. The van der Waals surface area contributed by atoms with Crippen LogP contribution >= 0.6 is 0 Å². The summed E-state index contributed by atoms with van der Waals surface area (Å²) >= 11 is 0. The molecule has 0 radical (unpaired) electrons. The lowest BCUT2D eigenvalue weighted by molar-refractivity contribution is 0.0966. The smallest absolute Gasteiger partial charge is 0.400 e. The molecule has 5 heterocycles. The van der Waals surface area contributed by atoms with Crippen LogP contribution in [0.5, 0.6) is 0 Å². The Kier molecular flexibility index (Phi) is 6.59. The number of nitrogens with one attached hydrogen (secondary N) is 1. The monoisotopic (exact) mass is 620 g/mol. The molecule has 3 aliphatic rings. The van der Waals surface area contributed by atoms with Crippen molar-refractivity contribution in [3.63, 3.8) is 0 Å². The number of aliphatic imine (C=N–C) groups is 1. The highest BCUT2D eigenvalue weighted by Crippen LogP contribution is 2.38. The molecule has 4 bridgehead atoms. The minimum absolute atomic E-state index is 0.195. The summed E-state index contributed by atoms with van der Waals surface area (Å²) in [5, 5.41) is 5.27. The van der Waals surface area contributed by atoms with Gasteiger partial charge in [0, 0.05) is 51.5 Å². The van der Waals surface area contributed by atoms with Gasteiger partial charge in [0.25, 0.3) is 5.91 Å². The van der Waals surface area contributed by atoms with E-state index in [9.17, 15) is 4.79 Å². The van der Waals surface area contributed by atoms with Gasteiger partial charge in [0.05, 0.1) is 17.1 Å². The zero-order valence-electron chi connectivity index (χ0n) is 26.2. The lowest BCUT2D eigenvalue weighted by Gasteiger charge is -2.28. The number of allylic oxidation sites excluding steroid dienone is 1. The van der Waals surface area contributed by atoms with E-state index < -0.39 is 7.19 Å². The molecule has 0 unspecified atom stereocenters. The van der Waals surface area contributed by atoms with E-state index in [2.05, 4.69) is 87.1 Å². The van der Waals surface area contributed by atoms with Crippen LogP contribution in [0.25, 0.3) is 16.7 Å². The van der Waals surface area contributed by atoms with E-state index in [-0.39, 0.29) is 5.91 Å². The summed E-state index contributed by atoms with van der Waals surface area (Å²) in [7, 11) is 1.27. The minimum atomic E-state index is -0.490. The van der Waals surface area contributed by atoms with E-state index in [1.54, 1.807) is 7.11 Å². The highest BCUT2D eigenvalue weighted by molar-refractivity contribution is 6.50. The molecule has 0 saturated carbocycles. The average Bonchev–Trinajstić information content (AvgIpc) is 3.88. The Labute approximate surface area is 278 Å². The van der Waals surface area contributed by atoms with Crippen molar-refractivity contribution < 1.29 is 9.45 Å². The molecule has 48 heavy (non-hydrogen) atoms. The van der Waals surface area contributed by atoms with Crippen LogP contribution in [0.3, 0.4) is 0 Å². The van der Waals surface area contributed by atoms with Crippen LogP contribution in [-0.4, -0.2) is 34.9 Å². The Morgan fingerprint density at radius 3 is 1.69 bits per heavy atom. The van der Waals surface area contributed by atoms with Gasteiger partial charge in [-0.3, -0.25) is 4.79 Å². The molecule has 0 atom stereocenters. The van der Waals surface area contributed by atoms with Gasteiger partial charge in [-0.05, 0) is 59.2 Å². The fraction of sp³-hybridized carbons (Fsp3) is 0.0244. The third-order valence-corrected chi connectivity index (χ3v) is 9.25. The van der Waals surface area contributed by atoms with Crippen LogP contribution < -0.4 is 16.0 Å². The maximum Gasteiger partial charge on any atom is 0.557 e. The van der Waals surface area contributed by atoms with Gasteiger partial charge in [0.2, 0.25) is 0 Å². The van der Waals surface area contributed by atoms with Crippen molar-refractivity contribution in [2.45, 2.75) is 0 Å². The third kappa shape index (κ3) is 4.32. The molecular weight excluding hydrogens is 591 g/mol. The average molecular weight is 621 g/mol. The number of rotatable bonds is 6. The third-order valence-electron chi connectivity index (χ3n) is 9.25. The molecule has 6 aromatic rings. The fourth-order valence-corrected chi connectivity index (χ4v) is 7.20. The fourth-order valence-electron chi connectivity index (χ4n) is 7.20. The second kappa shape index (κ2) is 11.3. The molecule has 2 aromatic heterocycles.